The topological polar surface area (TPSA) is 48.2 Å². The van der Waals surface area contributed by atoms with Crippen LogP contribution in [0.3, 0.4) is 0 Å². The highest BCUT2D eigenvalue weighted by atomic mass is 15.3. The molecule has 3 rings (SSSR count). The Hall–Kier alpha value is -2.86. The number of benzene rings is 2. The molecule has 0 unspecified atom stereocenters. The monoisotopic (exact) mass is 259 g/mol. The summed E-state index contributed by atoms with van der Waals surface area (Å²) in [6.45, 7) is 0. The van der Waals surface area contributed by atoms with E-state index >= 15 is 0 Å². The van der Waals surface area contributed by atoms with E-state index in [1.165, 1.54) is 0 Å². The highest BCUT2D eigenvalue weighted by Gasteiger charge is 2.17. The van der Waals surface area contributed by atoms with E-state index in [0.717, 1.165) is 22.5 Å². The molecule has 0 radical (unpaired) electrons. The van der Waals surface area contributed by atoms with E-state index in [1.807, 2.05) is 60.7 Å². The fraction of sp³-hybridized carbons (Fsp3) is 0.0588. The molecule has 0 bridgehead atoms. The molecule has 0 spiro atoms. The van der Waals surface area contributed by atoms with Gasteiger partial charge in [-0.1, -0.05) is 60.7 Å². The Morgan fingerprint density at radius 1 is 0.900 bits per heavy atom. The van der Waals surface area contributed by atoms with Crippen molar-refractivity contribution in [3.05, 3.63) is 77.4 Å². The molecule has 0 aliphatic carbocycles. The summed E-state index contributed by atoms with van der Waals surface area (Å²) >= 11 is 0. The standard InChI is InChI=1S/C17H13N3/c18-12-15-11-16(13-7-3-1-4-8-13)19-20-17(15)14-9-5-2-6-10-14/h1-10,20H,11H2. The minimum absolute atomic E-state index is 0.553. The Bertz CT molecular complexity index is 707. The summed E-state index contributed by atoms with van der Waals surface area (Å²) in [5, 5.41) is 13.8. The first kappa shape index (κ1) is 12.2. The molecule has 0 fully saturated rings. The fourth-order valence-corrected chi connectivity index (χ4v) is 2.22. The summed E-state index contributed by atoms with van der Waals surface area (Å²) in [6.07, 6.45) is 0.553. The molecule has 2 aromatic carbocycles. The van der Waals surface area contributed by atoms with E-state index in [9.17, 15) is 5.26 Å². The number of rotatable bonds is 2. The predicted octanol–water partition coefficient (Wildman–Crippen LogP) is 3.32. The lowest BCUT2D eigenvalue weighted by Gasteiger charge is -2.17. The Morgan fingerprint density at radius 2 is 1.50 bits per heavy atom. The summed E-state index contributed by atoms with van der Waals surface area (Å²) in [5.41, 5.74) is 7.46. The van der Waals surface area contributed by atoms with E-state index in [-0.39, 0.29) is 0 Å². The van der Waals surface area contributed by atoms with E-state index in [1.54, 1.807) is 0 Å². The molecule has 1 aliphatic rings. The van der Waals surface area contributed by atoms with Crippen LogP contribution >= 0.6 is 0 Å². The summed E-state index contributed by atoms with van der Waals surface area (Å²) in [5.74, 6) is 0. The first-order chi connectivity index (χ1) is 9.88. The second-order valence-corrected chi connectivity index (χ2v) is 4.54. The van der Waals surface area contributed by atoms with Crippen molar-refractivity contribution in [2.75, 3.05) is 0 Å². The van der Waals surface area contributed by atoms with Crippen molar-refractivity contribution in [1.29, 1.82) is 5.26 Å². The second-order valence-electron chi connectivity index (χ2n) is 4.54. The zero-order valence-corrected chi connectivity index (χ0v) is 10.9. The number of nitrogens with zero attached hydrogens (tertiary/aromatic N) is 2. The van der Waals surface area contributed by atoms with Crippen LogP contribution in [0.15, 0.2) is 71.3 Å². The maximum Gasteiger partial charge on any atom is 0.0973 e. The fourth-order valence-electron chi connectivity index (χ4n) is 2.22. The number of hydrogen-bond donors (Lipinski definition) is 1. The smallest absolute Gasteiger partial charge is 0.0973 e. The number of nitrogens with one attached hydrogen (secondary N) is 1. The Labute approximate surface area is 117 Å². The first-order valence-electron chi connectivity index (χ1n) is 6.45. The predicted molar refractivity (Wildman–Crippen MR) is 79.7 cm³/mol. The molecule has 2 aromatic rings. The van der Waals surface area contributed by atoms with Crippen LogP contribution in [-0.4, -0.2) is 5.71 Å². The summed E-state index contributed by atoms with van der Waals surface area (Å²) in [4.78, 5) is 0. The average molecular weight is 259 g/mol. The van der Waals surface area contributed by atoms with Gasteiger partial charge in [0.2, 0.25) is 0 Å². The molecule has 20 heavy (non-hydrogen) atoms. The zero-order valence-electron chi connectivity index (χ0n) is 10.9. The van der Waals surface area contributed by atoms with Crippen LogP contribution < -0.4 is 5.43 Å². The molecule has 1 aliphatic heterocycles. The van der Waals surface area contributed by atoms with Crippen LogP contribution in [0.5, 0.6) is 0 Å². The first-order valence-corrected chi connectivity index (χ1v) is 6.45. The highest BCUT2D eigenvalue weighted by Crippen LogP contribution is 2.23. The van der Waals surface area contributed by atoms with Gasteiger partial charge in [-0.3, -0.25) is 5.43 Å². The largest absolute Gasteiger partial charge is 0.277 e. The second kappa shape index (κ2) is 5.41. The molecular weight excluding hydrogens is 246 g/mol. The van der Waals surface area contributed by atoms with Gasteiger partial charge < -0.3 is 0 Å². The third-order valence-electron chi connectivity index (χ3n) is 3.25. The lowest BCUT2D eigenvalue weighted by atomic mass is 9.98. The quantitative estimate of drug-likeness (QED) is 0.899. The molecule has 0 saturated heterocycles. The van der Waals surface area contributed by atoms with Gasteiger partial charge in [0.1, 0.15) is 0 Å². The molecule has 3 heteroatoms. The molecular formula is C17H13N3. The van der Waals surface area contributed by atoms with Gasteiger partial charge in [-0.05, 0) is 5.56 Å². The van der Waals surface area contributed by atoms with Crippen molar-refractivity contribution in [2.45, 2.75) is 6.42 Å². The van der Waals surface area contributed by atoms with E-state index in [4.69, 9.17) is 0 Å². The van der Waals surface area contributed by atoms with Gasteiger partial charge in [0.15, 0.2) is 0 Å². The van der Waals surface area contributed by atoms with Gasteiger partial charge in [0.25, 0.3) is 0 Å². The molecule has 0 aromatic heterocycles. The molecule has 96 valence electrons. The Morgan fingerprint density at radius 3 is 2.10 bits per heavy atom. The lowest BCUT2D eigenvalue weighted by molar-refractivity contribution is 0.945. The maximum atomic E-state index is 9.38. The molecule has 0 saturated carbocycles. The van der Waals surface area contributed by atoms with Gasteiger partial charge in [-0.15, -0.1) is 0 Å². The van der Waals surface area contributed by atoms with Gasteiger partial charge in [-0.2, -0.15) is 10.4 Å². The van der Waals surface area contributed by atoms with Crippen LogP contribution in [0.25, 0.3) is 5.70 Å². The van der Waals surface area contributed by atoms with E-state index < -0.39 is 0 Å². The number of allylic oxidation sites excluding steroid dienone is 1. The number of hydrazone groups is 1. The minimum atomic E-state index is 0.553. The third-order valence-corrected chi connectivity index (χ3v) is 3.25. The number of nitriles is 1. The maximum absolute atomic E-state index is 9.38. The molecule has 0 amide bonds. The van der Waals surface area contributed by atoms with Crippen molar-refractivity contribution < 1.29 is 0 Å². The van der Waals surface area contributed by atoms with Crippen molar-refractivity contribution >= 4 is 11.4 Å². The summed E-state index contributed by atoms with van der Waals surface area (Å²) in [7, 11) is 0. The van der Waals surface area contributed by atoms with E-state index in [0.29, 0.717) is 12.0 Å². The van der Waals surface area contributed by atoms with Crippen LogP contribution in [0.4, 0.5) is 0 Å². The number of hydrogen-bond acceptors (Lipinski definition) is 3. The van der Waals surface area contributed by atoms with Gasteiger partial charge in [0.05, 0.1) is 23.1 Å². The van der Waals surface area contributed by atoms with Crippen molar-refractivity contribution in [1.82, 2.24) is 5.43 Å². The van der Waals surface area contributed by atoms with Crippen LogP contribution in [0, 0.1) is 11.3 Å². The van der Waals surface area contributed by atoms with Crippen molar-refractivity contribution in [3.8, 4) is 6.07 Å². The summed E-state index contributed by atoms with van der Waals surface area (Å²) < 4.78 is 0. The van der Waals surface area contributed by atoms with Crippen molar-refractivity contribution in [2.24, 2.45) is 5.10 Å². The zero-order chi connectivity index (χ0) is 13.8. The van der Waals surface area contributed by atoms with Gasteiger partial charge in [-0.25, -0.2) is 0 Å². The molecule has 1 N–H and O–H groups in total. The van der Waals surface area contributed by atoms with Crippen LogP contribution in [-0.2, 0) is 0 Å². The average Bonchev–Trinajstić information content (AvgIpc) is 2.56. The van der Waals surface area contributed by atoms with E-state index in [2.05, 4.69) is 16.6 Å². The SMILES string of the molecule is N#CC1=C(c2ccccc2)NN=C(c2ccccc2)C1. The summed E-state index contributed by atoms with van der Waals surface area (Å²) in [6, 6.07) is 22.0. The van der Waals surface area contributed by atoms with Gasteiger partial charge >= 0.3 is 0 Å². The van der Waals surface area contributed by atoms with Crippen LogP contribution in [0.1, 0.15) is 17.5 Å². The normalized spacial score (nSPS) is 14.2. The van der Waals surface area contributed by atoms with Crippen LogP contribution in [0.2, 0.25) is 0 Å². The molecule has 1 heterocycles. The molecule has 3 nitrogen and oxygen atoms in total. The lowest BCUT2D eigenvalue weighted by Crippen LogP contribution is -2.19. The molecule has 0 atom stereocenters. The van der Waals surface area contributed by atoms with Crippen molar-refractivity contribution in [3.63, 3.8) is 0 Å². The Kier molecular flexibility index (Phi) is 3.30. The van der Waals surface area contributed by atoms with Gasteiger partial charge in [0, 0.05) is 12.0 Å². The third kappa shape index (κ3) is 2.32. The minimum Gasteiger partial charge on any atom is -0.277 e. The Balaban J connectivity index is 1.93. The highest BCUT2D eigenvalue weighted by molar-refractivity contribution is 6.04.